The molecule has 1 amide bonds. The highest BCUT2D eigenvalue weighted by molar-refractivity contribution is 6.06. The molecule has 164 valence electrons. The zero-order valence-electron chi connectivity index (χ0n) is 17.4. The molecule has 0 saturated heterocycles. The van der Waals surface area contributed by atoms with Crippen molar-refractivity contribution < 1.29 is 18.0 Å². The zero-order chi connectivity index (χ0) is 23.0. The second-order valence-electron chi connectivity index (χ2n) is 7.53. The van der Waals surface area contributed by atoms with Gasteiger partial charge in [0.05, 0.1) is 16.8 Å². The minimum absolute atomic E-state index is 0.0560. The van der Waals surface area contributed by atoms with E-state index in [0.717, 1.165) is 17.7 Å². The van der Waals surface area contributed by atoms with Gasteiger partial charge in [0, 0.05) is 36.4 Å². The monoisotopic (exact) mass is 439 g/mol. The molecule has 4 rings (SSSR count). The lowest BCUT2D eigenvalue weighted by molar-refractivity contribution is -0.137. The minimum atomic E-state index is -4.68. The molecule has 0 unspecified atom stereocenters. The van der Waals surface area contributed by atoms with Gasteiger partial charge in [-0.05, 0) is 48.7 Å². The maximum absolute atomic E-state index is 13.5. The van der Waals surface area contributed by atoms with Crippen molar-refractivity contribution in [2.75, 3.05) is 5.32 Å². The highest BCUT2D eigenvalue weighted by atomic mass is 19.4. The minimum Gasteiger partial charge on any atom is -0.326 e. The summed E-state index contributed by atoms with van der Waals surface area (Å²) in [7, 11) is 0. The molecule has 2 heterocycles. The van der Waals surface area contributed by atoms with E-state index in [2.05, 4.69) is 15.3 Å². The molecule has 0 bridgehead atoms. The van der Waals surface area contributed by atoms with E-state index in [1.54, 1.807) is 35.9 Å². The maximum atomic E-state index is 13.5. The van der Waals surface area contributed by atoms with Gasteiger partial charge in [-0.2, -0.15) is 13.2 Å². The molecule has 0 spiro atoms. The normalized spacial score (nSPS) is 11.7. The molecule has 0 aliphatic carbocycles. The molecule has 0 saturated carbocycles. The molecular formula is C23H20F3N5O. The summed E-state index contributed by atoms with van der Waals surface area (Å²) in [5.74, 6) is -0.333. The van der Waals surface area contributed by atoms with Crippen LogP contribution in [0.1, 0.15) is 32.6 Å². The number of nitrogens with zero attached hydrogens (tertiary/aromatic N) is 3. The van der Waals surface area contributed by atoms with Gasteiger partial charge in [-0.15, -0.1) is 0 Å². The number of alkyl halides is 3. The number of benzene rings is 2. The van der Waals surface area contributed by atoms with Crippen molar-refractivity contribution >= 4 is 17.4 Å². The van der Waals surface area contributed by atoms with Crippen molar-refractivity contribution in [1.82, 2.24) is 14.4 Å². The Morgan fingerprint density at radius 1 is 1.12 bits per heavy atom. The molecule has 2 aromatic carbocycles. The second kappa shape index (κ2) is 8.08. The standard InChI is InChI=1S/C23H20F3N5O/c1-13-10-28-22-30-20(12-31(22)11-13)16-5-3-14(2)19(8-16)29-21(32)17-6-4-15(9-27)7-18(17)23(24,25)26/h3-8,10-12H,9,27H2,1-2H3,(H,29,32). The van der Waals surface area contributed by atoms with Crippen LogP contribution in [0.5, 0.6) is 0 Å². The second-order valence-corrected chi connectivity index (χ2v) is 7.53. The predicted molar refractivity (Wildman–Crippen MR) is 115 cm³/mol. The van der Waals surface area contributed by atoms with Crippen LogP contribution in [-0.2, 0) is 12.7 Å². The highest BCUT2D eigenvalue weighted by Crippen LogP contribution is 2.33. The van der Waals surface area contributed by atoms with Gasteiger partial charge in [0.1, 0.15) is 0 Å². The number of nitrogens with two attached hydrogens (primary N) is 1. The third-order valence-electron chi connectivity index (χ3n) is 5.09. The SMILES string of the molecule is Cc1cnc2nc(-c3ccc(C)c(NC(=O)c4ccc(CN)cc4C(F)(F)F)c3)cn2c1. The smallest absolute Gasteiger partial charge is 0.326 e. The Kier molecular flexibility index (Phi) is 5.43. The molecule has 4 aromatic rings. The van der Waals surface area contributed by atoms with Crippen LogP contribution in [-0.4, -0.2) is 20.3 Å². The van der Waals surface area contributed by atoms with Gasteiger partial charge in [0.2, 0.25) is 5.78 Å². The molecule has 0 radical (unpaired) electrons. The highest BCUT2D eigenvalue weighted by Gasteiger charge is 2.35. The number of aryl methyl sites for hydroxylation is 2. The molecule has 0 aliphatic rings. The third kappa shape index (κ3) is 4.19. The maximum Gasteiger partial charge on any atom is 0.417 e. The molecule has 6 nitrogen and oxygen atoms in total. The number of aromatic nitrogens is 3. The molecule has 0 atom stereocenters. The number of hydrogen-bond acceptors (Lipinski definition) is 4. The summed E-state index contributed by atoms with van der Waals surface area (Å²) in [5.41, 5.74) is 7.66. The van der Waals surface area contributed by atoms with E-state index < -0.39 is 23.2 Å². The average molecular weight is 439 g/mol. The zero-order valence-corrected chi connectivity index (χ0v) is 17.4. The summed E-state index contributed by atoms with van der Waals surface area (Å²) >= 11 is 0. The fraction of sp³-hybridized carbons (Fsp3) is 0.174. The first kappa shape index (κ1) is 21.5. The topological polar surface area (TPSA) is 85.3 Å². The summed E-state index contributed by atoms with van der Waals surface area (Å²) in [6, 6.07) is 8.76. The summed E-state index contributed by atoms with van der Waals surface area (Å²) < 4.78 is 42.4. The van der Waals surface area contributed by atoms with Crippen molar-refractivity contribution in [3.05, 3.63) is 82.8 Å². The van der Waals surface area contributed by atoms with Gasteiger partial charge >= 0.3 is 6.18 Å². The van der Waals surface area contributed by atoms with E-state index in [1.807, 2.05) is 19.2 Å². The summed E-state index contributed by atoms with van der Waals surface area (Å²) in [6.45, 7) is 3.62. The fourth-order valence-electron chi connectivity index (χ4n) is 3.38. The number of carbonyl (C=O) groups excluding carboxylic acids is 1. The van der Waals surface area contributed by atoms with Crippen molar-refractivity contribution in [3.8, 4) is 11.3 Å². The van der Waals surface area contributed by atoms with Crippen molar-refractivity contribution in [2.45, 2.75) is 26.6 Å². The lowest BCUT2D eigenvalue weighted by atomic mass is 10.0. The van der Waals surface area contributed by atoms with Crippen LogP contribution in [0.25, 0.3) is 17.0 Å². The van der Waals surface area contributed by atoms with E-state index in [9.17, 15) is 18.0 Å². The summed E-state index contributed by atoms with van der Waals surface area (Å²) in [4.78, 5) is 21.5. The number of halogens is 3. The van der Waals surface area contributed by atoms with Crippen LogP contribution in [0, 0.1) is 13.8 Å². The number of fused-ring (bicyclic) bond motifs is 1. The predicted octanol–water partition coefficient (Wildman–Crippen LogP) is 4.74. The number of imidazole rings is 1. The van der Waals surface area contributed by atoms with E-state index in [0.29, 0.717) is 33.8 Å². The molecule has 0 fully saturated rings. The Bertz CT molecular complexity index is 1330. The van der Waals surface area contributed by atoms with E-state index >= 15 is 0 Å². The quantitative estimate of drug-likeness (QED) is 0.481. The Morgan fingerprint density at radius 2 is 1.91 bits per heavy atom. The third-order valence-corrected chi connectivity index (χ3v) is 5.09. The molecular weight excluding hydrogens is 419 g/mol. The first-order chi connectivity index (χ1) is 15.2. The Labute approximate surface area is 181 Å². The van der Waals surface area contributed by atoms with Gasteiger partial charge in [-0.25, -0.2) is 9.97 Å². The molecule has 32 heavy (non-hydrogen) atoms. The molecule has 2 aromatic heterocycles. The van der Waals surface area contributed by atoms with Gasteiger partial charge < -0.3 is 11.1 Å². The lowest BCUT2D eigenvalue weighted by Gasteiger charge is -2.15. The van der Waals surface area contributed by atoms with Crippen LogP contribution in [0.2, 0.25) is 0 Å². The largest absolute Gasteiger partial charge is 0.417 e. The van der Waals surface area contributed by atoms with Gasteiger partial charge in [-0.3, -0.25) is 9.20 Å². The average Bonchev–Trinajstić information content (AvgIpc) is 3.17. The number of amides is 1. The summed E-state index contributed by atoms with van der Waals surface area (Å²) in [5, 5.41) is 2.61. The summed E-state index contributed by atoms with van der Waals surface area (Å²) in [6.07, 6.45) is 0.718. The number of carbonyl (C=O) groups is 1. The molecule has 0 aliphatic heterocycles. The van der Waals surface area contributed by atoms with Crippen LogP contribution in [0.4, 0.5) is 18.9 Å². The van der Waals surface area contributed by atoms with E-state index in [-0.39, 0.29) is 6.54 Å². The van der Waals surface area contributed by atoms with Gasteiger partial charge in [0.25, 0.3) is 5.91 Å². The van der Waals surface area contributed by atoms with Crippen molar-refractivity contribution in [2.24, 2.45) is 5.73 Å². The van der Waals surface area contributed by atoms with Crippen LogP contribution >= 0.6 is 0 Å². The first-order valence-corrected chi connectivity index (χ1v) is 9.79. The van der Waals surface area contributed by atoms with Crippen molar-refractivity contribution in [1.29, 1.82) is 0 Å². The Morgan fingerprint density at radius 3 is 2.62 bits per heavy atom. The van der Waals surface area contributed by atoms with Crippen LogP contribution in [0.3, 0.4) is 0 Å². The van der Waals surface area contributed by atoms with Crippen LogP contribution < -0.4 is 11.1 Å². The van der Waals surface area contributed by atoms with Gasteiger partial charge in [-0.1, -0.05) is 18.2 Å². The number of nitrogens with one attached hydrogen (secondary N) is 1. The van der Waals surface area contributed by atoms with Crippen molar-refractivity contribution in [3.63, 3.8) is 0 Å². The van der Waals surface area contributed by atoms with Gasteiger partial charge in [0.15, 0.2) is 0 Å². The molecule has 3 N–H and O–H groups in total. The van der Waals surface area contributed by atoms with E-state index in [4.69, 9.17) is 5.73 Å². The number of hydrogen-bond donors (Lipinski definition) is 2. The number of rotatable bonds is 4. The molecule has 9 heteroatoms. The number of anilines is 1. The fourth-order valence-corrected chi connectivity index (χ4v) is 3.38. The first-order valence-electron chi connectivity index (χ1n) is 9.79. The Hall–Kier alpha value is -3.72. The van der Waals surface area contributed by atoms with Crippen LogP contribution in [0.15, 0.2) is 55.0 Å². The van der Waals surface area contributed by atoms with E-state index in [1.165, 1.54) is 6.07 Å². The lowest BCUT2D eigenvalue weighted by Crippen LogP contribution is -2.20. The Balaban J connectivity index is 1.68.